The lowest BCUT2D eigenvalue weighted by atomic mass is 10.1. The molecule has 33 heavy (non-hydrogen) atoms. The van der Waals surface area contributed by atoms with Crippen LogP contribution in [-0.4, -0.2) is 20.6 Å². The molecule has 1 saturated heterocycles. The topological polar surface area (TPSA) is 42.3 Å². The quantitative estimate of drug-likeness (QED) is 0.276. The molecule has 164 valence electrons. The molecule has 7 heteroatoms. The van der Waals surface area contributed by atoms with E-state index in [2.05, 4.69) is 4.57 Å². The predicted molar refractivity (Wildman–Crippen MR) is 135 cm³/mol. The number of imide groups is 1. The Balaban J connectivity index is 1.46. The minimum atomic E-state index is -0.289. The van der Waals surface area contributed by atoms with Gasteiger partial charge in [-0.2, -0.15) is 0 Å². The number of carbonyl (C=O) groups is 2. The molecule has 0 bridgehead atoms. The fraction of sp³-hybridized carbons (Fsp3) is 0.0769. The van der Waals surface area contributed by atoms with Crippen LogP contribution >= 0.6 is 35.0 Å². The first kappa shape index (κ1) is 21.8. The van der Waals surface area contributed by atoms with E-state index in [1.165, 1.54) is 4.90 Å². The third-order valence-corrected chi connectivity index (χ3v) is 7.06. The third-order valence-electron chi connectivity index (χ3n) is 5.53. The van der Waals surface area contributed by atoms with E-state index in [9.17, 15) is 9.59 Å². The van der Waals surface area contributed by atoms with Gasteiger partial charge in [0, 0.05) is 39.3 Å². The Labute approximate surface area is 205 Å². The first-order chi connectivity index (χ1) is 16.0. The van der Waals surface area contributed by atoms with E-state index in [-0.39, 0.29) is 17.7 Å². The highest BCUT2D eigenvalue weighted by atomic mass is 35.5. The number of aromatic nitrogens is 1. The summed E-state index contributed by atoms with van der Waals surface area (Å²) in [7, 11) is 0. The van der Waals surface area contributed by atoms with Crippen molar-refractivity contribution in [1.82, 2.24) is 9.47 Å². The molecule has 5 rings (SSSR count). The lowest BCUT2D eigenvalue weighted by Gasteiger charge is -2.12. The maximum Gasteiger partial charge on any atom is 0.293 e. The predicted octanol–water partition coefficient (Wildman–Crippen LogP) is 7.23. The van der Waals surface area contributed by atoms with E-state index >= 15 is 0 Å². The van der Waals surface area contributed by atoms with Gasteiger partial charge in [-0.1, -0.05) is 71.7 Å². The molecule has 1 aliphatic rings. The highest BCUT2D eigenvalue weighted by molar-refractivity contribution is 8.18. The van der Waals surface area contributed by atoms with Crippen LogP contribution in [0.5, 0.6) is 0 Å². The number of thioether (sulfide) groups is 1. The van der Waals surface area contributed by atoms with Gasteiger partial charge >= 0.3 is 0 Å². The zero-order chi connectivity index (χ0) is 22.9. The molecule has 0 N–H and O–H groups in total. The smallest absolute Gasteiger partial charge is 0.293 e. The van der Waals surface area contributed by atoms with Crippen LogP contribution < -0.4 is 0 Å². The summed E-state index contributed by atoms with van der Waals surface area (Å²) in [4.78, 5) is 27.3. The SMILES string of the molecule is O=C1S/C(=C\c2cn(Cc3ccccc3Cl)c3ccccc23)C(=O)N1Cc1ccc(Cl)cc1. The molecule has 1 fully saturated rings. The van der Waals surface area contributed by atoms with Gasteiger partial charge in [-0.25, -0.2) is 0 Å². The number of amides is 2. The molecule has 0 saturated carbocycles. The van der Waals surface area contributed by atoms with Crippen LogP contribution in [0.25, 0.3) is 17.0 Å². The molecule has 3 aromatic carbocycles. The number of carbonyl (C=O) groups excluding carboxylic acids is 2. The monoisotopic (exact) mass is 492 g/mol. The Morgan fingerprint density at radius 3 is 2.36 bits per heavy atom. The lowest BCUT2D eigenvalue weighted by molar-refractivity contribution is -0.123. The maximum atomic E-state index is 13.0. The lowest BCUT2D eigenvalue weighted by Crippen LogP contribution is -2.27. The minimum absolute atomic E-state index is 0.216. The molecule has 0 unspecified atom stereocenters. The summed E-state index contributed by atoms with van der Waals surface area (Å²) in [6, 6.07) is 22.9. The van der Waals surface area contributed by atoms with Crippen LogP contribution in [0.4, 0.5) is 4.79 Å². The normalized spacial score (nSPS) is 15.2. The minimum Gasteiger partial charge on any atom is -0.342 e. The van der Waals surface area contributed by atoms with Crippen molar-refractivity contribution >= 4 is 63.1 Å². The highest BCUT2D eigenvalue weighted by Gasteiger charge is 2.35. The summed E-state index contributed by atoms with van der Waals surface area (Å²) >= 11 is 13.3. The van der Waals surface area contributed by atoms with Crippen LogP contribution in [0.1, 0.15) is 16.7 Å². The van der Waals surface area contributed by atoms with Crippen molar-refractivity contribution in [2.45, 2.75) is 13.1 Å². The second kappa shape index (κ2) is 9.10. The van der Waals surface area contributed by atoms with Crippen molar-refractivity contribution in [3.05, 3.63) is 111 Å². The Hall–Kier alpha value is -2.99. The van der Waals surface area contributed by atoms with Crippen molar-refractivity contribution in [2.24, 2.45) is 0 Å². The molecule has 1 aliphatic heterocycles. The van der Waals surface area contributed by atoms with E-state index in [1.807, 2.05) is 66.9 Å². The van der Waals surface area contributed by atoms with Gasteiger partial charge in [-0.3, -0.25) is 14.5 Å². The second-order valence-electron chi connectivity index (χ2n) is 7.72. The standard InChI is InChI=1S/C26H18Cl2N2O2S/c27-20-11-9-17(10-12-20)14-30-25(31)24(33-26(30)32)13-19-16-29(23-8-4-2-6-21(19)23)15-18-5-1-3-7-22(18)28/h1-13,16H,14-15H2/b24-13-. The van der Waals surface area contributed by atoms with E-state index in [0.29, 0.717) is 21.5 Å². The summed E-state index contributed by atoms with van der Waals surface area (Å²) in [6.07, 6.45) is 3.80. The molecular weight excluding hydrogens is 475 g/mol. The Morgan fingerprint density at radius 1 is 0.848 bits per heavy atom. The molecule has 0 atom stereocenters. The largest absolute Gasteiger partial charge is 0.342 e. The van der Waals surface area contributed by atoms with Gasteiger partial charge in [0.15, 0.2) is 0 Å². The molecule has 0 radical (unpaired) electrons. The summed E-state index contributed by atoms with van der Waals surface area (Å²) in [5.74, 6) is -0.289. The Morgan fingerprint density at radius 2 is 1.58 bits per heavy atom. The molecular formula is C26H18Cl2N2O2S. The number of fused-ring (bicyclic) bond motifs is 1. The maximum absolute atomic E-state index is 13.0. The molecule has 0 aliphatic carbocycles. The zero-order valence-corrected chi connectivity index (χ0v) is 19.7. The van der Waals surface area contributed by atoms with E-state index in [1.54, 1.807) is 18.2 Å². The summed E-state index contributed by atoms with van der Waals surface area (Å²) in [6.45, 7) is 0.819. The Kier molecular flexibility index (Phi) is 6.02. The van der Waals surface area contributed by atoms with Gasteiger partial charge in [0.1, 0.15) is 0 Å². The van der Waals surface area contributed by atoms with Crippen LogP contribution in [0, 0.1) is 0 Å². The number of para-hydroxylation sites is 1. The average molecular weight is 493 g/mol. The fourth-order valence-electron chi connectivity index (χ4n) is 3.88. The fourth-order valence-corrected chi connectivity index (χ4v) is 5.03. The van der Waals surface area contributed by atoms with Crippen LogP contribution in [0.3, 0.4) is 0 Å². The first-order valence-corrected chi connectivity index (χ1v) is 11.9. The first-order valence-electron chi connectivity index (χ1n) is 10.3. The average Bonchev–Trinajstić information content (AvgIpc) is 3.29. The number of rotatable bonds is 5. The van der Waals surface area contributed by atoms with Crippen molar-refractivity contribution in [3.8, 4) is 0 Å². The van der Waals surface area contributed by atoms with Crippen molar-refractivity contribution in [3.63, 3.8) is 0 Å². The van der Waals surface area contributed by atoms with E-state index in [0.717, 1.165) is 39.4 Å². The van der Waals surface area contributed by atoms with Crippen LogP contribution in [0.2, 0.25) is 10.0 Å². The molecule has 0 spiro atoms. The van der Waals surface area contributed by atoms with E-state index in [4.69, 9.17) is 23.2 Å². The molecule has 4 aromatic rings. The van der Waals surface area contributed by atoms with Crippen molar-refractivity contribution in [2.75, 3.05) is 0 Å². The number of benzene rings is 3. The number of hydrogen-bond donors (Lipinski definition) is 0. The number of halogens is 2. The number of nitrogens with zero attached hydrogens (tertiary/aromatic N) is 2. The van der Waals surface area contributed by atoms with Crippen molar-refractivity contribution < 1.29 is 9.59 Å². The number of hydrogen-bond acceptors (Lipinski definition) is 3. The molecule has 2 heterocycles. The summed E-state index contributed by atoms with van der Waals surface area (Å²) in [5, 5.41) is 2.05. The van der Waals surface area contributed by atoms with E-state index < -0.39 is 0 Å². The highest BCUT2D eigenvalue weighted by Crippen LogP contribution is 2.35. The van der Waals surface area contributed by atoms with Gasteiger partial charge in [0.25, 0.3) is 11.1 Å². The summed E-state index contributed by atoms with van der Waals surface area (Å²) in [5.41, 5.74) is 3.77. The second-order valence-corrected chi connectivity index (χ2v) is 9.55. The molecule has 2 amide bonds. The Bertz CT molecular complexity index is 1410. The van der Waals surface area contributed by atoms with Crippen LogP contribution in [-0.2, 0) is 17.9 Å². The van der Waals surface area contributed by atoms with Crippen LogP contribution in [0.15, 0.2) is 83.9 Å². The van der Waals surface area contributed by atoms with Gasteiger partial charge in [0.05, 0.1) is 11.4 Å². The molecule has 4 nitrogen and oxygen atoms in total. The molecule has 1 aromatic heterocycles. The zero-order valence-electron chi connectivity index (χ0n) is 17.4. The van der Waals surface area contributed by atoms with Gasteiger partial charge in [-0.05, 0) is 53.2 Å². The van der Waals surface area contributed by atoms with Gasteiger partial charge < -0.3 is 4.57 Å². The third kappa shape index (κ3) is 4.44. The van der Waals surface area contributed by atoms with Gasteiger partial charge in [-0.15, -0.1) is 0 Å². The van der Waals surface area contributed by atoms with Crippen molar-refractivity contribution in [1.29, 1.82) is 0 Å². The van der Waals surface area contributed by atoms with Gasteiger partial charge in [0.2, 0.25) is 0 Å². The summed E-state index contributed by atoms with van der Waals surface area (Å²) < 4.78 is 2.11.